The van der Waals surface area contributed by atoms with E-state index in [-0.39, 0.29) is 11.2 Å². The second-order valence-corrected chi connectivity index (χ2v) is 8.61. The zero-order chi connectivity index (χ0) is 14.1. The minimum absolute atomic E-state index is 0.00561. The number of rotatable bonds is 4. The molecule has 0 aromatic rings. The van der Waals surface area contributed by atoms with Crippen molar-refractivity contribution in [2.24, 2.45) is 5.92 Å². The van der Waals surface area contributed by atoms with Crippen LogP contribution in [0.5, 0.6) is 0 Å². The summed E-state index contributed by atoms with van der Waals surface area (Å²) in [6.45, 7) is 12.3. The van der Waals surface area contributed by atoms with Gasteiger partial charge in [-0.3, -0.25) is 0 Å². The molecule has 2 heterocycles. The summed E-state index contributed by atoms with van der Waals surface area (Å²) in [5, 5.41) is 4.56. The van der Waals surface area contributed by atoms with Gasteiger partial charge in [0.05, 0.1) is 11.2 Å². The van der Waals surface area contributed by atoms with Crippen LogP contribution in [0.1, 0.15) is 60.3 Å². The molecule has 2 aliphatic rings. The van der Waals surface area contributed by atoms with Gasteiger partial charge in [0.1, 0.15) is 0 Å². The monoisotopic (exact) mass is 285 g/mol. The topological polar surface area (TPSA) is 21.3 Å². The summed E-state index contributed by atoms with van der Waals surface area (Å²) >= 11 is 2.18. The molecule has 0 aromatic carbocycles. The Morgan fingerprint density at radius 1 is 1.26 bits per heavy atom. The van der Waals surface area contributed by atoms with Crippen LogP contribution in [0.25, 0.3) is 0 Å². The molecule has 3 unspecified atom stereocenters. The van der Waals surface area contributed by atoms with Gasteiger partial charge in [-0.1, -0.05) is 13.3 Å². The van der Waals surface area contributed by atoms with Crippen LogP contribution >= 0.6 is 11.8 Å². The van der Waals surface area contributed by atoms with Crippen molar-refractivity contribution in [3.63, 3.8) is 0 Å². The first-order valence-corrected chi connectivity index (χ1v) is 8.96. The van der Waals surface area contributed by atoms with Crippen LogP contribution in [-0.2, 0) is 4.74 Å². The lowest BCUT2D eigenvalue weighted by molar-refractivity contribution is -0.0777. The number of ether oxygens (including phenoxy) is 1. The molecule has 2 rings (SSSR count). The van der Waals surface area contributed by atoms with E-state index < -0.39 is 0 Å². The molecule has 0 spiro atoms. The van der Waals surface area contributed by atoms with Crippen LogP contribution in [0.2, 0.25) is 0 Å². The van der Waals surface area contributed by atoms with Gasteiger partial charge in [-0.2, -0.15) is 11.8 Å². The van der Waals surface area contributed by atoms with Gasteiger partial charge < -0.3 is 10.1 Å². The van der Waals surface area contributed by atoms with Crippen LogP contribution in [0, 0.1) is 5.92 Å². The largest absolute Gasteiger partial charge is 0.369 e. The van der Waals surface area contributed by atoms with Crippen LogP contribution in [-0.4, -0.2) is 34.8 Å². The van der Waals surface area contributed by atoms with Gasteiger partial charge >= 0.3 is 0 Å². The third-order valence-corrected chi connectivity index (χ3v) is 6.11. The molecule has 2 saturated heterocycles. The number of thioether (sulfide) groups is 1. The second kappa shape index (κ2) is 5.95. The van der Waals surface area contributed by atoms with Crippen molar-refractivity contribution in [3.05, 3.63) is 0 Å². The van der Waals surface area contributed by atoms with E-state index in [2.05, 4.69) is 51.7 Å². The third-order valence-electron chi connectivity index (χ3n) is 4.63. The molecule has 112 valence electrons. The average molecular weight is 285 g/mol. The molecule has 19 heavy (non-hydrogen) atoms. The minimum atomic E-state index is -0.00561. The first-order chi connectivity index (χ1) is 8.86. The highest BCUT2D eigenvalue weighted by atomic mass is 32.2. The normalized spacial score (nSPS) is 35.2. The summed E-state index contributed by atoms with van der Waals surface area (Å²) in [6.07, 6.45) is 5.34. The van der Waals surface area contributed by atoms with Gasteiger partial charge in [0.2, 0.25) is 0 Å². The Bertz CT molecular complexity index is 297. The maximum atomic E-state index is 6.32. The third kappa shape index (κ3) is 3.68. The van der Waals surface area contributed by atoms with Crippen molar-refractivity contribution < 1.29 is 4.74 Å². The molecular formula is C16H31NOS. The fraction of sp³-hybridized carbons (Fsp3) is 1.00. The van der Waals surface area contributed by atoms with Gasteiger partial charge in [-0.25, -0.2) is 0 Å². The molecule has 0 aliphatic carbocycles. The quantitative estimate of drug-likeness (QED) is 0.848. The van der Waals surface area contributed by atoms with E-state index in [9.17, 15) is 0 Å². The first-order valence-electron chi connectivity index (χ1n) is 7.91. The van der Waals surface area contributed by atoms with Crippen molar-refractivity contribution in [1.82, 2.24) is 5.32 Å². The van der Waals surface area contributed by atoms with Crippen molar-refractivity contribution >= 4 is 11.8 Å². The average Bonchev–Trinajstić information content (AvgIpc) is 2.55. The van der Waals surface area contributed by atoms with E-state index in [0.717, 1.165) is 11.8 Å². The van der Waals surface area contributed by atoms with Crippen LogP contribution in [0.3, 0.4) is 0 Å². The Morgan fingerprint density at radius 3 is 2.47 bits per heavy atom. The van der Waals surface area contributed by atoms with E-state index in [1.54, 1.807) is 0 Å². The van der Waals surface area contributed by atoms with Gasteiger partial charge in [-0.15, -0.1) is 0 Å². The Kier molecular flexibility index (Phi) is 4.90. The Hall–Kier alpha value is 0.270. The fourth-order valence-corrected chi connectivity index (χ4v) is 5.48. The van der Waals surface area contributed by atoms with E-state index >= 15 is 0 Å². The summed E-state index contributed by atoms with van der Waals surface area (Å²) in [5.74, 6) is 1.96. The minimum Gasteiger partial charge on any atom is -0.369 e. The maximum Gasteiger partial charge on any atom is 0.0678 e. The van der Waals surface area contributed by atoms with Crippen LogP contribution in [0.15, 0.2) is 0 Å². The summed E-state index contributed by atoms with van der Waals surface area (Å²) in [5.41, 5.74) is 0.0233. The lowest BCUT2D eigenvalue weighted by Crippen LogP contribution is -2.50. The molecule has 0 radical (unpaired) electrons. The van der Waals surface area contributed by atoms with Gasteiger partial charge in [0.25, 0.3) is 0 Å². The van der Waals surface area contributed by atoms with E-state index in [1.807, 2.05) is 0 Å². The molecule has 2 fully saturated rings. The summed E-state index contributed by atoms with van der Waals surface area (Å²) in [6, 6.07) is 0.604. The predicted octanol–water partition coefficient (Wildman–Crippen LogP) is 3.84. The Labute approximate surface area is 123 Å². The molecule has 3 atom stereocenters. The Balaban J connectivity index is 2.13. The first kappa shape index (κ1) is 15.7. The fourth-order valence-electron chi connectivity index (χ4n) is 3.98. The molecule has 2 nitrogen and oxygen atoms in total. The van der Waals surface area contributed by atoms with Gasteiger partial charge in [0, 0.05) is 17.2 Å². The summed E-state index contributed by atoms with van der Waals surface area (Å²) < 4.78 is 6.32. The van der Waals surface area contributed by atoms with Gasteiger partial charge in [0.15, 0.2) is 0 Å². The standard InChI is InChI=1S/C16H31NOS/c1-6-17-14(13-9-7-8-10-19-13)12-11-15(2,3)18-16(12,4)5/h12-14,17H,6-11H2,1-5H3. The van der Waals surface area contributed by atoms with Crippen molar-refractivity contribution in [1.29, 1.82) is 0 Å². The van der Waals surface area contributed by atoms with Crippen molar-refractivity contribution in [2.45, 2.75) is 82.8 Å². The molecule has 1 N–H and O–H groups in total. The van der Waals surface area contributed by atoms with E-state index in [4.69, 9.17) is 4.74 Å². The van der Waals surface area contributed by atoms with Crippen molar-refractivity contribution in [3.8, 4) is 0 Å². The highest BCUT2D eigenvalue weighted by Crippen LogP contribution is 2.46. The highest BCUT2D eigenvalue weighted by Gasteiger charge is 2.50. The summed E-state index contributed by atoms with van der Waals surface area (Å²) in [4.78, 5) is 0. The van der Waals surface area contributed by atoms with Crippen LogP contribution < -0.4 is 5.32 Å². The lowest BCUT2D eigenvalue weighted by Gasteiger charge is -2.39. The smallest absolute Gasteiger partial charge is 0.0678 e. The molecular weight excluding hydrogens is 254 g/mol. The van der Waals surface area contributed by atoms with E-state index in [1.165, 1.54) is 31.4 Å². The Morgan fingerprint density at radius 2 is 2.00 bits per heavy atom. The maximum absolute atomic E-state index is 6.32. The lowest BCUT2D eigenvalue weighted by atomic mass is 9.79. The zero-order valence-electron chi connectivity index (χ0n) is 13.3. The molecule has 0 bridgehead atoms. The number of hydrogen-bond acceptors (Lipinski definition) is 3. The predicted molar refractivity (Wildman–Crippen MR) is 84.9 cm³/mol. The molecule has 0 amide bonds. The van der Waals surface area contributed by atoms with Gasteiger partial charge in [-0.05, 0) is 59.3 Å². The van der Waals surface area contributed by atoms with Crippen LogP contribution in [0.4, 0.5) is 0 Å². The molecule has 2 aliphatic heterocycles. The molecule has 0 saturated carbocycles. The number of nitrogens with one attached hydrogen (secondary N) is 1. The highest BCUT2D eigenvalue weighted by molar-refractivity contribution is 8.00. The molecule has 3 heteroatoms. The van der Waals surface area contributed by atoms with Crippen molar-refractivity contribution in [2.75, 3.05) is 12.3 Å². The SMILES string of the molecule is CCNC(C1CCCCS1)C1CC(C)(C)OC1(C)C. The summed E-state index contributed by atoms with van der Waals surface area (Å²) in [7, 11) is 0. The number of hydrogen-bond donors (Lipinski definition) is 1. The zero-order valence-corrected chi connectivity index (χ0v) is 14.1. The molecule has 0 aromatic heterocycles. The van der Waals surface area contributed by atoms with E-state index in [0.29, 0.717) is 12.0 Å². The second-order valence-electron chi connectivity index (χ2n) is 7.26.